The fraction of sp³-hybridized carbons (Fsp3) is 0.875. The summed E-state index contributed by atoms with van der Waals surface area (Å²) in [6, 6.07) is 0.627. The van der Waals surface area contributed by atoms with Gasteiger partial charge >= 0.3 is 0 Å². The molecule has 0 fully saturated rings. The summed E-state index contributed by atoms with van der Waals surface area (Å²) >= 11 is 0. The molecule has 1 unspecified atom stereocenters. The highest BCUT2D eigenvalue weighted by molar-refractivity contribution is 4.62. The zero-order valence-corrected chi connectivity index (χ0v) is 6.78. The molecule has 1 heteroatoms. The van der Waals surface area contributed by atoms with Crippen molar-refractivity contribution in [2.75, 3.05) is 6.54 Å². The minimum atomic E-state index is 0.627. The number of hydrogen-bond donors (Lipinski definition) is 1. The average Bonchev–Trinajstić information content (AvgIpc) is 1.63. The molecule has 1 radical (unpaired) electrons. The topological polar surface area (TPSA) is 12.0 Å². The van der Waals surface area contributed by atoms with E-state index < -0.39 is 0 Å². The van der Waals surface area contributed by atoms with E-state index in [1.165, 1.54) is 6.42 Å². The van der Waals surface area contributed by atoms with Gasteiger partial charge in [-0.3, -0.25) is 0 Å². The maximum absolute atomic E-state index is 3.72. The van der Waals surface area contributed by atoms with Crippen LogP contribution in [0.3, 0.4) is 0 Å². The normalized spacial score (nSPS) is 14.3. The number of rotatable bonds is 4. The van der Waals surface area contributed by atoms with Gasteiger partial charge in [0.2, 0.25) is 0 Å². The van der Waals surface area contributed by atoms with Crippen molar-refractivity contribution < 1.29 is 0 Å². The first-order chi connectivity index (χ1) is 4.16. The standard InChI is InChI=1S/C8H18N/c1-5-9-8(4)6-7(2)3/h7-9H,1,5-6H2,2-4H3. The van der Waals surface area contributed by atoms with Crippen LogP contribution in [0, 0.1) is 12.8 Å². The minimum absolute atomic E-state index is 0.627. The highest BCUT2D eigenvalue weighted by Crippen LogP contribution is 2.02. The highest BCUT2D eigenvalue weighted by Gasteiger charge is 2.00. The highest BCUT2D eigenvalue weighted by atomic mass is 14.9. The zero-order chi connectivity index (χ0) is 7.28. The lowest BCUT2D eigenvalue weighted by atomic mass is 10.1. The monoisotopic (exact) mass is 128 g/mol. The van der Waals surface area contributed by atoms with Gasteiger partial charge < -0.3 is 5.32 Å². The molecule has 0 saturated heterocycles. The second kappa shape index (κ2) is 4.80. The molecule has 0 saturated carbocycles. The van der Waals surface area contributed by atoms with Crippen LogP contribution in [0.2, 0.25) is 0 Å². The Kier molecular flexibility index (Phi) is 4.78. The summed E-state index contributed by atoms with van der Waals surface area (Å²) in [6.45, 7) is 11.2. The summed E-state index contributed by atoms with van der Waals surface area (Å²) < 4.78 is 0. The summed E-state index contributed by atoms with van der Waals surface area (Å²) in [5, 5.41) is 3.27. The maximum atomic E-state index is 3.72. The summed E-state index contributed by atoms with van der Waals surface area (Å²) in [4.78, 5) is 0. The molecule has 0 aliphatic heterocycles. The van der Waals surface area contributed by atoms with Crippen LogP contribution in [0.5, 0.6) is 0 Å². The van der Waals surface area contributed by atoms with E-state index in [4.69, 9.17) is 0 Å². The third-order valence-corrected chi connectivity index (χ3v) is 1.32. The molecule has 9 heavy (non-hydrogen) atoms. The Morgan fingerprint density at radius 1 is 1.33 bits per heavy atom. The molecule has 0 heterocycles. The van der Waals surface area contributed by atoms with Gasteiger partial charge in [0.15, 0.2) is 0 Å². The van der Waals surface area contributed by atoms with Gasteiger partial charge in [-0.15, -0.1) is 0 Å². The molecule has 0 spiro atoms. The second-order valence-electron chi connectivity index (χ2n) is 2.98. The molecule has 0 bridgehead atoms. The Balaban J connectivity index is 3.15. The average molecular weight is 128 g/mol. The zero-order valence-electron chi connectivity index (χ0n) is 6.78. The Labute approximate surface area is 58.8 Å². The lowest BCUT2D eigenvalue weighted by molar-refractivity contribution is 0.457. The molecule has 1 N–H and O–H groups in total. The van der Waals surface area contributed by atoms with Crippen molar-refractivity contribution in [2.45, 2.75) is 33.2 Å². The van der Waals surface area contributed by atoms with Crippen molar-refractivity contribution in [1.82, 2.24) is 5.32 Å². The van der Waals surface area contributed by atoms with Crippen LogP contribution >= 0.6 is 0 Å². The van der Waals surface area contributed by atoms with E-state index in [9.17, 15) is 0 Å². The molecule has 0 aromatic heterocycles. The molecule has 0 aliphatic rings. The van der Waals surface area contributed by atoms with Crippen LogP contribution in [0.25, 0.3) is 0 Å². The predicted octanol–water partition coefficient (Wildman–Crippen LogP) is 1.84. The molecule has 1 nitrogen and oxygen atoms in total. The van der Waals surface area contributed by atoms with Gasteiger partial charge in [-0.2, -0.15) is 0 Å². The predicted molar refractivity (Wildman–Crippen MR) is 42.3 cm³/mol. The molecular weight excluding hydrogens is 110 g/mol. The number of nitrogens with one attached hydrogen (secondary N) is 1. The van der Waals surface area contributed by atoms with Crippen molar-refractivity contribution in [1.29, 1.82) is 0 Å². The largest absolute Gasteiger partial charge is 0.314 e. The van der Waals surface area contributed by atoms with Gasteiger partial charge in [-0.05, 0) is 32.7 Å². The van der Waals surface area contributed by atoms with Gasteiger partial charge in [-0.1, -0.05) is 13.8 Å². The van der Waals surface area contributed by atoms with Gasteiger partial charge in [0.05, 0.1) is 0 Å². The maximum Gasteiger partial charge on any atom is 0.00411 e. The van der Waals surface area contributed by atoms with Crippen LogP contribution < -0.4 is 5.32 Å². The van der Waals surface area contributed by atoms with Gasteiger partial charge in [0, 0.05) is 6.04 Å². The van der Waals surface area contributed by atoms with Crippen molar-refractivity contribution in [2.24, 2.45) is 5.92 Å². The Hall–Kier alpha value is -0.0400. The first kappa shape index (κ1) is 8.96. The molecule has 0 aromatic rings. The summed E-state index contributed by atoms with van der Waals surface area (Å²) in [6.07, 6.45) is 1.25. The smallest absolute Gasteiger partial charge is 0.00411 e. The van der Waals surface area contributed by atoms with Crippen molar-refractivity contribution in [3.05, 3.63) is 6.92 Å². The molecule has 0 aliphatic carbocycles. The van der Waals surface area contributed by atoms with Gasteiger partial charge in [0.25, 0.3) is 0 Å². The Morgan fingerprint density at radius 3 is 2.22 bits per heavy atom. The first-order valence-electron chi connectivity index (χ1n) is 3.69. The summed E-state index contributed by atoms with van der Waals surface area (Å²) in [5.74, 6) is 0.791. The van der Waals surface area contributed by atoms with Crippen molar-refractivity contribution in [3.63, 3.8) is 0 Å². The van der Waals surface area contributed by atoms with Crippen LogP contribution in [0.1, 0.15) is 27.2 Å². The fourth-order valence-electron chi connectivity index (χ4n) is 1.04. The Morgan fingerprint density at radius 2 is 1.89 bits per heavy atom. The van der Waals surface area contributed by atoms with Gasteiger partial charge in [0.1, 0.15) is 0 Å². The van der Waals surface area contributed by atoms with E-state index in [1.54, 1.807) is 0 Å². The first-order valence-corrected chi connectivity index (χ1v) is 3.69. The van der Waals surface area contributed by atoms with Crippen molar-refractivity contribution in [3.8, 4) is 0 Å². The van der Waals surface area contributed by atoms with E-state index >= 15 is 0 Å². The van der Waals surface area contributed by atoms with E-state index in [1.807, 2.05) is 0 Å². The third kappa shape index (κ3) is 5.84. The van der Waals surface area contributed by atoms with Crippen LogP contribution in [0.4, 0.5) is 0 Å². The summed E-state index contributed by atoms with van der Waals surface area (Å²) in [7, 11) is 0. The molecular formula is C8H18N. The van der Waals surface area contributed by atoms with E-state index in [-0.39, 0.29) is 0 Å². The molecule has 1 atom stereocenters. The van der Waals surface area contributed by atoms with E-state index in [0.717, 1.165) is 12.5 Å². The number of hydrogen-bond acceptors (Lipinski definition) is 1. The molecule has 55 valence electrons. The van der Waals surface area contributed by atoms with Crippen molar-refractivity contribution >= 4 is 0 Å². The lowest BCUT2D eigenvalue weighted by Crippen LogP contribution is -2.26. The Bertz CT molecular complexity index is 59.6. The van der Waals surface area contributed by atoms with E-state index in [2.05, 4.69) is 33.0 Å². The summed E-state index contributed by atoms with van der Waals surface area (Å²) in [5.41, 5.74) is 0. The van der Waals surface area contributed by atoms with Crippen LogP contribution in [-0.4, -0.2) is 12.6 Å². The van der Waals surface area contributed by atoms with E-state index in [0.29, 0.717) is 6.04 Å². The van der Waals surface area contributed by atoms with Crippen LogP contribution in [0.15, 0.2) is 0 Å². The lowest BCUT2D eigenvalue weighted by Gasteiger charge is -2.13. The quantitative estimate of drug-likeness (QED) is 0.609. The molecule has 0 aromatic carbocycles. The minimum Gasteiger partial charge on any atom is -0.314 e. The van der Waals surface area contributed by atoms with Gasteiger partial charge in [-0.25, -0.2) is 0 Å². The molecule has 0 rings (SSSR count). The third-order valence-electron chi connectivity index (χ3n) is 1.32. The molecule has 0 amide bonds. The fourth-order valence-corrected chi connectivity index (χ4v) is 1.04. The SMILES string of the molecule is [CH2]CNC(C)CC(C)C. The van der Waals surface area contributed by atoms with Crippen LogP contribution in [-0.2, 0) is 0 Å². The second-order valence-corrected chi connectivity index (χ2v) is 2.98.